The second-order valence-corrected chi connectivity index (χ2v) is 8.77. The van der Waals surface area contributed by atoms with E-state index in [0.717, 1.165) is 34.2 Å². The molecule has 0 amide bonds. The second-order valence-electron chi connectivity index (χ2n) is 8.38. The van der Waals surface area contributed by atoms with Crippen LogP contribution in [0.5, 0.6) is 5.75 Å². The Morgan fingerprint density at radius 2 is 1.71 bits per heavy atom. The molecule has 0 unspecified atom stereocenters. The van der Waals surface area contributed by atoms with Gasteiger partial charge in [0.15, 0.2) is 5.11 Å². The summed E-state index contributed by atoms with van der Waals surface area (Å²) in [4.78, 5) is 8.91. The molecule has 2 aromatic carbocycles. The van der Waals surface area contributed by atoms with Crippen LogP contribution in [0.1, 0.15) is 23.5 Å². The summed E-state index contributed by atoms with van der Waals surface area (Å²) in [7, 11) is 5.78. The first-order valence-electron chi connectivity index (χ1n) is 11.2. The number of thiocarbonyl (C=S) groups is 1. The maximum Gasteiger partial charge on any atom is 0.174 e. The SMILES string of the molecule is COc1ccccc1N1C(=S)N[C@@H](c2ccccn2)[C@@H]1c1cccn1-c1ccc(N(C)C)cc1. The first-order valence-corrected chi connectivity index (χ1v) is 11.6. The molecule has 5 rings (SSSR count). The van der Waals surface area contributed by atoms with Crippen LogP contribution in [0.15, 0.2) is 91.3 Å². The van der Waals surface area contributed by atoms with Gasteiger partial charge >= 0.3 is 0 Å². The van der Waals surface area contributed by atoms with Crippen LogP contribution in [0.3, 0.4) is 0 Å². The van der Waals surface area contributed by atoms with Crippen molar-refractivity contribution in [1.29, 1.82) is 0 Å². The standard InChI is InChI=1S/C27H27N5OS/c1-30(2)19-13-15-20(16-14-19)31-18-8-11-23(31)26-25(21-9-6-7-17-28-21)29-27(34)32(26)22-10-4-5-12-24(22)33-3/h4-18,25-26H,1-3H3,(H,29,34)/t25-,26-/m0/s1. The van der Waals surface area contributed by atoms with Gasteiger partial charge in [0.05, 0.1) is 24.5 Å². The first kappa shape index (κ1) is 22.0. The van der Waals surface area contributed by atoms with E-state index in [4.69, 9.17) is 17.0 Å². The van der Waals surface area contributed by atoms with Gasteiger partial charge in [-0.15, -0.1) is 0 Å². The maximum absolute atomic E-state index is 5.88. The molecule has 1 aliphatic heterocycles. The Morgan fingerprint density at radius 1 is 0.941 bits per heavy atom. The van der Waals surface area contributed by atoms with Gasteiger partial charge in [0.25, 0.3) is 0 Å². The topological polar surface area (TPSA) is 45.6 Å². The van der Waals surface area contributed by atoms with Crippen LogP contribution in [-0.2, 0) is 0 Å². The van der Waals surface area contributed by atoms with Crippen molar-refractivity contribution in [3.8, 4) is 11.4 Å². The van der Waals surface area contributed by atoms with Gasteiger partial charge in [-0.25, -0.2) is 0 Å². The van der Waals surface area contributed by atoms with Crippen molar-refractivity contribution in [3.63, 3.8) is 0 Å². The largest absolute Gasteiger partial charge is 0.495 e. The number of aromatic nitrogens is 2. The molecular weight excluding hydrogens is 442 g/mol. The fourth-order valence-corrected chi connectivity index (χ4v) is 4.86. The van der Waals surface area contributed by atoms with Gasteiger partial charge in [0.1, 0.15) is 11.8 Å². The van der Waals surface area contributed by atoms with Crippen LogP contribution in [0.4, 0.5) is 11.4 Å². The molecule has 2 aromatic heterocycles. The van der Waals surface area contributed by atoms with E-state index in [0.29, 0.717) is 5.11 Å². The van der Waals surface area contributed by atoms with E-state index in [1.165, 1.54) is 0 Å². The highest BCUT2D eigenvalue weighted by Crippen LogP contribution is 2.44. The Bertz CT molecular complexity index is 1290. The summed E-state index contributed by atoms with van der Waals surface area (Å²) in [5.41, 5.74) is 5.20. The lowest BCUT2D eigenvalue weighted by Crippen LogP contribution is -2.30. The molecule has 3 heterocycles. The third kappa shape index (κ3) is 3.88. The molecule has 1 N–H and O–H groups in total. The Morgan fingerprint density at radius 3 is 2.41 bits per heavy atom. The molecule has 0 spiro atoms. The minimum absolute atomic E-state index is 0.131. The summed E-state index contributed by atoms with van der Waals surface area (Å²) in [6.07, 6.45) is 3.92. The van der Waals surface area contributed by atoms with Gasteiger partial charge in [-0.2, -0.15) is 0 Å². The molecule has 7 heteroatoms. The van der Waals surface area contributed by atoms with E-state index in [1.807, 2.05) is 62.8 Å². The van der Waals surface area contributed by atoms with Crippen LogP contribution in [0.25, 0.3) is 5.69 Å². The predicted octanol–water partition coefficient (Wildman–Crippen LogP) is 5.12. The summed E-state index contributed by atoms with van der Waals surface area (Å²) in [6.45, 7) is 0. The number of nitrogens with one attached hydrogen (secondary N) is 1. The van der Waals surface area contributed by atoms with Crippen LogP contribution < -0.4 is 19.9 Å². The highest BCUT2D eigenvalue weighted by Gasteiger charge is 2.43. The summed E-state index contributed by atoms with van der Waals surface area (Å²) >= 11 is 5.88. The smallest absolute Gasteiger partial charge is 0.174 e. The molecule has 0 radical (unpaired) electrons. The molecule has 0 saturated carbocycles. The van der Waals surface area contributed by atoms with Gasteiger partial charge in [0, 0.05) is 43.6 Å². The number of para-hydroxylation sites is 2. The van der Waals surface area contributed by atoms with Crippen molar-refractivity contribution in [1.82, 2.24) is 14.9 Å². The van der Waals surface area contributed by atoms with Crippen molar-refractivity contribution in [3.05, 3.63) is 103 Å². The minimum atomic E-state index is -0.137. The zero-order valence-corrected chi connectivity index (χ0v) is 20.2. The first-order chi connectivity index (χ1) is 16.6. The quantitative estimate of drug-likeness (QED) is 0.395. The lowest BCUT2D eigenvalue weighted by molar-refractivity contribution is 0.414. The summed E-state index contributed by atoms with van der Waals surface area (Å²) in [5.74, 6) is 0.770. The minimum Gasteiger partial charge on any atom is -0.495 e. The van der Waals surface area contributed by atoms with Crippen molar-refractivity contribution in [2.24, 2.45) is 0 Å². The lowest BCUT2D eigenvalue weighted by atomic mass is 10.0. The Labute approximate surface area is 205 Å². The van der Waals surface area contributed by atoms with Crippen LogP contribution in [-0.4, -0.2) is 35.9 Å². The number of benzene rings is 2. The van der Waals surface area contributed by atoms with E-state index in [1.54, 1.807) is 7.11 Å². The third-order valence-corrected chi connectivity index (χ3v) is 6.48. The molecule has 6 nitrogen and oxygen atoms in total. The lowest BCUT2D eigenvalue weighted by Gasteiger charge is -2.30. The normalized spacial score (nSPS) is 17.5. The Hall–Kier alpha value is -3.84. The van der Waals surface area contributed by atoms with Crippen molar-refractivity contribution in [2.75, 3.05) is 31.0 Å². The van der Waals surface area contributed by atoms with Gasteiger partial charge in [0.2, 0.25) is 0 Å². The average molecular weight is 470 g/mol. The fourth-order valence-electron chi connectivity index (χ4n) is 4.53. The van der Waals surface area contributed by atoms with E-state index >= 15 is 0 Å². The Kier molecular flexibility index (Phi) is 5.94. The number of nitrogens with zero attached hydrogens (tertiary/aromatic N) is 4. The van der Waals surface area contributed by atoms with Gasteiger partial charge in [-0.3, -0.25) is 4.98 Å². The van der Waals surface area contributed by atoms with E-state index in [-0.39, 0.29) is 12.1 Å². The molecule has 0 bridgehead atoms. The number of ether oxygens (including phenoxy) is 1. The third-order valence-electron chi connectivity index (χ3n) is 6.17. The van der Waals surface area contributed by atoms with Crippen molar-refractivity contribution >= 4 is 28.7 Å². The monoisotopic (exact) mass is 469 g/mol. The number of pyridine rings is 1. The summed E-state index contributed by atoms with van der Waals surface area (Å²) < 4.78 is 7.93. The number of anilines is 2. The van der Waals surface area contributed by atoms with Crippen LogP contribution in [0.2, 0.25) is 0 Å². The molecular formula is C27H27N5OS. The highest BCUT2D eigenvalue weighted by molar-refractivity contribution is 7.80. The maximum atomic E-state index is 5.88. The molecule has 172 valence electrons. The predicted molar refractivity (Wildman–Crippen MR) is 141 cm³/mol. The molecule has 1 fully saturated rings. The molecule has 4 aromatic rings. The number of rotatable bonds is 6. The fraction of sp³-hybridized carbons (Fsp3) is 0.185. The van der Waals surface area contributed by atoms with Gasteiger partial charge in [-0.1, -0.05) is 18.2 Å². The summed E-state index contributed by atoms with van der Waals surface area (Å²) in [5, 5.41) is 4.17. The van der Waals surface area contributed by atoms with E-state index < -0.39 is 0 Å². The molecule has 0 aliphatic carbocycles. The van der Waals surface area contributed by atoms with Crippen molar-refractivity contribution < 1.29 is 4.74 Å². The molecule has 1 saturated heterocycles. The molecule has 2 atom stereocenters. The molecule has 1 aliphatic rings. The van der Waals surface area contributed by atoms with E-state index in [2.05, 4.69) is 67.3 Å². The van der Waals surface area contributed by atoms with Crippen molar-refractivity contribution in [2.45, 2.75) is 12.1 Å². The average Bonchev–Trinajstić information content (AvgIpc) is 3.48. The Balaban J connectivity index is 1.65. The van der Waals surface area contributed by atoms with Crippen LogP contribution >= 0.6 is 12.2 Å². The number of hydrogen-bond donors (Lipinski definition) is 1. The zero-order valence-electron chi connectivity index (χ0n) is 19.4. The van der Waals surface area contributed by atoms with Gasteiger partial charge in [-0.05, 0) is 72.9 Å². The number of hydrogen-bond acceptors (Lipinski definition) is 4. The van der Waals surface area contributed by atoms with Crippen LogP contribution in [0, 0.1) is 0 Å². The van der Waals surface area contributed by atoms with E-state index in [9.17, 15) is 0 Å². The highest BCUT2D eigenvalue weighted by atomic mass is 32.1. The zero-order chi connectivity index (χ0) is 23.7. The number of methoxy groups -OCH3 is 1. The summed E-state index contributed by atoms with van der Waals surface area (Å²) in [6, 6.07) is 26.5. The molecule has 34 heavy (non-hydrogen) atoms. The second kappa shape index (κ2) is 9.19. The van der Waals surface area contributed by atoms with Gasteiger partial charge < -0.3 is 24.4 Å².